The molecule has 1 saturated heterocycles. The van der Waals surface area contributed by atoms with Crippen LogP contribution in [0.1, 0.15) is 17.3 Å². The molecule has 27 heavy (non-hydrogen) atoms. The Hall–Kier alpha value is -2.58. The van der Waals surface area contributed by atoms with Gasteiger partial charge in [0, 0.05) is 24.3 Å². The first-order chi connectivity index (χ1) is 12.9. The molecule has 144 valence electrons. The fourth-order valence-electron chi connectivity index (χ4n) is 2.87. The van der Waals surface area contributed by atoms with E-state index < -0.39 is 10.0 Å². The summed E-state index contributed by atoms with van der Waals surface area (Å²) in [5, 5.41) is 0. The molecule has 1 heterocycles. The molecule has 1 fully saturated rings. The van der Waals surface area contributed by atoms with Crippen LogP contribution in [-0.4, -0.2) is 47.6 Å². The molecule has 0 unspecified atom stereocenters. The molecule has 1 aliphatic rings. The minimum atomic E-state index is -3.82. The molecule has 0 aromatic heterocycles. The second-order valence-corrected chi connectivity index (χ2v) is 7.85. The summed E-state index contributed by atoms with van der Waals surface area (Å²) < 4.78 is 38.8. The van der Waals surface area contributed by atoms with Gasteiger partial charge in [-0.1, -0.05) is 12.1 Å². The number of anilines is 2. The van der Waals surface area contributed by atoms with Crippen molar-refractivity contribution < 1.29 is 22.7 Å². The Morgan fingerprint density at radius 3 is 2.37 bits per heavy atom. The van der Waals surface area contributed by atoms with Crippen LogP contribution in [0.25, 0.3) is 0 Å². The minimum Gasteiger partial charge on any atom is -0.495 e. The molecule has 2 aromatic carbocycles. The summed E-state index contributed by atoms with van der Waals surface area (Å²) >= 11 is 0. The van der Waals surface area contributed by atoms with Crippen molar-refractivity contribution in [3.8, 4) is 5.75 Å². The van der Waals surface area contributed by atoms with Gasteiger partial charge in [0.25, 0.3) is 10.0 Å². The Morgan fingerprint density at radius 2 is 1.78 bits per heavy atom. The first-order valence-corrected chi connectivity index (χ1v) is 10.0. The van der Waals surface area contributed by atoms with Crippen LogP contribution >= 0.6 is 0 Å². The SMILES string of the molecule is COc1ccc(N2CCOCC2)cc1NS(=O)(=O)c1ccc(C(C)=O)cc1. The van der Waals surface area contributed by atoms with Gasteiger partial charge in [-0.05, 0) is 37.3 Å². The lowest BCUT2D eigenvalue weighted by atomic mass is 10.2. The number of carbonyl (C=O) groups excluding carboxylic acids is 1. The first-order valence-electron chi connectivity index (χ1n) is 8.55. The molecule has 3 rings (SSSR count). The van der Waals surface area contributed by atoms with Gasteiger partial charge < -0.3 is 14.4 Å². The normalized spacial score (nSPS) is 14.7. The third-order valence-corrected chi connectivity index (χ3v) is 5.76. The van der Waals surface area contributed by atoms with E-state index in [4.69, 9.17) is 9.47 Å². The standard InChI is InChI=1S/C19H22N2O5S/c1-14(22)15-3-6-17(7-4-15)27(23,24)20-18-13-16(5-8-19(18)25-2)21-9-11-26-12-10-21/h3-8,13,20H,9-12H2,1-2H3. The molecule has 0 atom stereocenters. The fourth-order valence-corrected chi connectivity index (χ4v) is 3.93. The molecule has 1 N–H and O–H groups in total. The van der Waals surface area contributed by atoms with Gasteiger partial charge in [-0.15, -0.1) is 0 Å². The van der Waals surface area contributed by atoms with Gasteiger partial charge in [0.1, 0.15) is 5.75 Å². The number of hydrogen-bond acceptors (Lipinski definition) is 6. The molecule has 1 aliphatic heterocycles. The summed E-state index contributed by atoms with van der Waals surface area (Å²) in [5.41, 5.74) is 1.71. The molecule has 0 aliphatic carbocycles. The van der Waals surface area contributed by atoms with Crippen molar-refractivity contribution in [1.82, 2.24) is 0 Å². The van der Waals surface area contributed by atoms with E-state index in [0.29, 0.717) is 30.2 Å². The van der Waals surface area contributed by atoms with E-state index >= 15 is 0 Å². The Kier molecular flexibility index (Phi) is 5.67. The van der Waals surface area contributed by atoms with E-state index in [1.54, 1.807) is 12.1 Å². The molecule has 0 radical (unpaired) electrons. The summed E-state index contributed by atoms with van der Waals surface area (Å²) in [6.45, 7) is 4.19. The molecular formula is C19H22N2O5S. The lowest BCUT2D eigenvalue weighted by Gasteiger charge is -2.29. The average Bonchev–Trinajstić information content (AvgIpc) is 2.68. The fraction of sp³-hybridized carbons (Fsp3) is 0.316. The molecule has 0 bridgehead atoms. The third kappa shape index (κ3) is 4.40. The first kappa shape index (κ1) is 19.2. The third-order valence-electron chi connectivity index (χ3n) is 4.37. The van der Waals surface area contributed by atoms with Gasteiger partial charge in [-0.2, -0.15) is 0 Å². The molecule has 0 spiro atoms. The number of hydrogen-bond donors (Lipinski definition) is 1. The highest BCUT2D eigenvalue weighted by Gasteiger charge is 2.19. The largest absolute Gasteiger partial charge is 0.495 e. The maximum Gasteiger partial charge on any atom is 0.262 e. The van der Waals surface area contributed by atoms with E-state index in [0.717, 1.165) is 18.8 Å². The van der Waals surface area contributed by atoms with Gasteiger partial charge in [0.15, 0.2) is 5.78 Å². The molecule has 0 saturated carbocycles. The van der Waals surface area contributed by atoms with Crippen LogP contribution in [0.15, 0.2) is 47.4 Å². The number of ether oxygens (including phenoxy) is 2. The van der Waals surface area contributed by atoms with Crippen molar-refractivity contribution in [1.29, 1.82) is 0 Å². The second kappa shape index (κ2) is 7.98. The summed E-state index contributed by atoms with van der Waals surface area (Å²) in [6, 6.07) is 11.2. The molecule has 7 nitrogen and oxygen atoms in total. The van der Waals surface area contributed by atoms with Crippen molar-refractivity contribution in [2.75, 3.05) is 43.0 Å². The van der Waals surface area contributed by atoms with Crippen molar-refractivity contribution in [3.63, 3.8) is 0 Å². The molecule has 8 heteroatoms. The summed E-state index contributed by atoms with van der Waals surface area (Å²) in [6.07, 6.45) is 0. The highest BCUT2D eigenvalue weighted by Crippen LogP contribution is 2.32. The lowest BCUT2D eigenvalue weighted by molar-refractivity contribution is 0.101. The quantitative estimate of drug-likeness (QED) is 0.763. The molecular weight excluding hydrogens is 368 g/mol. The number of ketones is 1. The number of nitrogens with zero attached hydrogens (tertiary/aromatic N) is 1. The highest BCUT2D eigenvalue weighted by atomic mass is 32.2. The number of rotatable bonds is 6. The zero-order valence-corrected chi connectivity index (χ0v) is 16.1. The van der Waals surface area contributed by atoms with Crippen molar-refractivity contribution in [3.05, 3.63) is 48.0 Å². The number of morpholine rings is 1. The highest BCUT2D eigenvalue weighted by molar-refractivity contribution is 7.92. The predicted octanol–water partition coefficient (Wildman–Crippen LogP) is 2.54. The van der Waals surface area contributed by atoms with Crippen LogP contribution in [0.5, 0.6) is 5.75 Å². The smallest absolute Gasteiger partial charge is 0.262 e. The van der Waals surface area contributed by atoms with Gasteiger partial charge >= 0.3 is 0 Å². The molecule has 2 aromatic rings. The van der Waals surface area contributed by atoms with E-state index in [9.17, 15) is 13.2 Å². The zero-order chi connectivity index (χ0) is 19.4. The van der Waals surface area contributed by atoms with Crippen LogP contribution in [0.2, 0.25) is 0 Å². The van der Waals surface area contributed by atoms with Gasteiger partial charge in [-0.25, -0.2) is 8.42 Å². The van der Waals surface area contributed by atoms with Crippen molar-refractivity contribution >= 4 is 27.2 Å². The Labute approximate surface area is 158 Å². The monoisotopic (exact) mass is 390 g/mol. The summed E-state index contributed by atoms with van der Waals surface area (Å²) in [7, 11) is -2.33. The second-order valence-electron chi connectivity index (χ2n) is 6.17. The minimum absolute atomic E-state index is 0.0753. The van der Waals surface area contributed by atoms with Crippen LogP contribution in [-0.2, 0) is 14.8 Å². The van der Waals surface area contributed by atoms with Crippen LogP contribution < -0.4 is 14.4 Å². The number of sulfonamides is 1. The van der Waals surface area contributed by atoms with Crippen LogP contribution in [0.4, 0.5) is 11.4 Å². The van der Waals surface area contributed by atoms with Gasteiger partial charge in [0.2, 0.25) is 0 Å². The number of nitrogens with one attached hydrogen (secondary N) is 1. The summed E-state index contributed by atoms with van der Waals surface area (Å²) in [5.74, 6) is 0.308. The van der Waals surface area contributed by atoms with E-state index in [-0.39, 0.29) is 10.7 Å². The Balaban J connectivity index is 1.89. The zero-order valence-electron chi connectivity index (χ0n) is 15.3. The number of methoxy groups -OCH3 is 1. The Bertz CT molecular complexity index is 920. The van der Waals surface area contributed by atoms with E-state index in [2.05, 4.69) is 9.62 Å². The number of Topliss-reactive ketones (excluding diaryl/α,β-unsaturated/α-hetero) is 1. The van der Waals surface area contributed by atoms with Crippen molar-refractivity contribution in [2.45, 2.75) is 11.8 Å². The maximum atomic E-state index is 12.8. The molecule has 0 amide bonds. The van der Waals surface area contributed by atoms with Crippen LogP contribution in [0, 0.1) is 0 Å². The summed E-state index contributed by atoms with van der Waals surface area (Å²) in [4.78, 5) is 13.6. The van der Waals surface area contributed by atoms with Crippen LogP contribution in [0.3, 0.4) is 0 Å². The van der Waals surface area contributed by atoms with E-state index in [1.165, 1.54) is 38.3 Å². The maximum absolute atomic E-state index is 12.8. The predicted molar refractivity (Wildman–Crippen MR) is 103 cm³/mol. The average molecular weight is 390 g/mol. The number of carbonyl (C=O) groups is 1. The Morgan fingerprint density at radius 1 is 1.11 bits per heavy atom. The van der Waals surface area contributed by atoms with Crippen molar-refractivity contribution in [2.24, 2.45) is 0 Å². The van der Waals surface area contributed by atoms with Gasteiger partial charge in [-0.3, -0.25) is 9.52 Å². The van der Waals surface area contributed by atoms with Gasteiger partial charge in [0.05, 0.1) is 30.9 Å². The lowest BCUT2D eigenvalue weighted by Crippen LogP contribution is -2.36. The van der Waals surface area contributed by atoms with E-state index in [1.807, 2.05) is 6.07 Å². The topological polar surface area (TPSA) is 84.9 Å². The number of benzene rings is 2.